The molecule has 0 saturated carbocycles. The van der Waals surface area contributed by atoms with E-state index >= 15 is 0 Å². The van der Waals surface area contributed by atoms with Crippen LogP contribution in [0.3, 0.4) is 0 Å². The Bertz CT molecular complexity index is 1290. The lowest BCUT2D eigenvalue weighted by molar-refractivity contribution is 0.105. The second kappa shape index (κ2) is 13.2. The Hall–Kier alpha value is -3.74. The zero-order chi connectivity index (χ0) is 26.0. The van der Waals surface area contributed by atoms with Crippen molar-refractivity contribution in [2.75, 3.05) is 51.5 Å². The summed E-state index contributed by atoms with van der Waals surface area (Å²) in [6, 6.07) is 31.2. The van der Waals surface area contributed by atoms with Crippen molar-refractivity contribution in [3.8, 4) is 17.2 Å². The quantitative estimate of drug-likeness (QED) is 0.246. The van der Waals surface area contributed by atoms with Gasteiger partial charge in [0.15, 0.2) is 0 Å². The van der Waals surface area contributed by atoms with E-state index in [-0.39, 0.29) is 6.04 Å². The second-order valence-electron chi connectivity index (χ2n) is 9.43. The van der Waals surface area contributed by atoms with Gasteiger partial charge in [0.25, 0.3) is 0 Å². The third kappa shape index (κ3) is 6.77. The molecule has 0 aliphatic carbocycles. The maximum Gasteiger partial charge on any atom is 0.124 e. The zero-order valence-electron chi connectivity index (χ0n) is 22.0. The van der Waals surface area contributed by atoms with Crippen LogP contribution in [0.25, 0.3) is 10.8 Å². The fourth-order valence-electron chi connectivity index (χ4n) is 4.79. The van der Waals surface area contributed by atoms with Gasteiger partial charge in [0.1, 0.15) is 23.9 Å². The molecule has 4 aromatic rings. The number of nitrogens with zero attached hydrogens (tertiary/aromatic N) is 1. The number of anilines is 1. The van der Waals surface area contributed by atoms with Gasteiger partial charge < -0.3 is 29.2 Å². The van der Waals surface area contributed by atoms with E-state index in [4.69, 9.17) is 18.9 Å². The van der Waals surface area contributed by atoms with Gasteiger partial charge in [-0.2, -0.15) is 0 Å². The average Bonchev–Trinajstić information content (AvgIpc) is 2.98. The van der Waals surface area contributed by atoms with Gasteiger partial charge in [-0.25, -0.2) is 0 Å². The van der Waals surface area contributed by atoms with Gasteiger partial charge in [0.2, 0.25) is 0 Å². The van der Waals surface area contributed by atoms with Crippen LogP contribution in [0, 0.1) is 0 Å². The molecule has 1 aliphatic rings. The summed E-state index contributed by atoms with van der Waals surface area (Å²) in [6.45, 7) is 5.19. The van der Waals surface area contributed by atoms with Crippen molar-refractivity contribution < 1.29 is 18.9 Å². The van der Waals surface area contributed by atoms with Crippen molar-refractivity contribution in [2.24, 2.45) is 0 Å². The van der Waals surface area contributed by atoms with Gasteiger partial charge in [-0.05, 0) is 53.2 Å². The highest BCUT2D eigenvalue weighted by atomic mass is 16.5. The summed E-state index contributed by atoms with van der Waals surface area (Å²) in [6.07, 6.45) is 0.822. The van der Waals surface area contributed by atoms with Crippen molar-refractivity contribution in [3.05, 3.63) is 96.6 Å². The second-order valence-corrected chi connectivity index (χ2v) is 9.43. The van der Waals surface area contributed by atoms with Crippen molar-refractivity contribution in [1.29, 1.82) is 0 Å². The molecule has 1 saturated heterocycles. The number of para-hydroxylation sites is 1. The van der Waals surface area contributed by atoms with E-state index in [0.717, 1.165) is 48.9 Å². The highest BCUT2D eigenvalue weighted by molar-refractivity contribution is 5.83. The van der Waals surface area contributed by atoms with E-state index in [1.807, 2.05) is 36.4 Å². The van der Waals surface area contributed by atoms with Gasteiger partial charge in [-0.3, -0.25) is 0 Å². The zero-order valence-corrected chi connectivity index (χ0v) is 22.0. The number of nitrogens with one attached hydrogen (secondary N) is 1. The molecule has 1 unspecified atom stereocenters. The highest BCUT2D eigenvalue weighted by Gasteiger charge is 2.23. The molecule has 1 aliphatic heterocycles. The first kappa shape index (κ1) is 25.9. The number of hydrogen-bond donors (Lipinski definition) is 1. The van der Waals surface area contributed by atoms with Crippen LogP contribution in [-0.2, 0) is 11.3 Å². The van der Waals surface area contributed by atoms with Gasteiger partial charge in [0, 0.05) is 37.3 Å². The van der Waals surface area contributed by atoms with Crippen molar-refractivity contribution in [1.82, 2.24) is 5.32 Å². The SMILES string of the molecule is COc1ccccc1COCCCOc1ccc(N2CCNCC2COc2ccc3ccccc3c2)cc1. The Morgan fingerprint density at radius 3 is 2.47 bits per heavy atom. The summed E-state index contributed by atoms with van der Waals surface area (Å²) < 4.78 is 23.4. The molecule has 6 heteroatoms. The first-order chi connectivity index (χ1) is 18.8. The topological polar surface area (TPSA) is 52.2 Å². The summed E-state index contributed by atoms with van der Waals surface area (Å²) in [7, 11) is 1.68. The van der Waals surface area contributed by atoms with Gasteiger partial charge in [-0.1, -0.05) is 48.5 Å². The molecule has 198 valence electrons. The van der Waals surface area contributed by atoms with Crippen molar-refractivity contribution in [3.63, 3.8) is 0 Å². The molecule has 1 atom stereocenters. The van der Waals surface area contributed by atoms with Gasteiger partial charge >= 0.3 is 0 Å². The average molecular weight is 513 g/mol. The minimum atomic E-state index is 0.252. The molecule has 6 nitrogen and oxygen atoms in total. The fraction of sp³-hybridized carbons (Fsp3) is 0.312. The molecule has 0 bridgehead atoms. The van der Waals surface area contributed by atoms with E-state index in [9.17, 15) is 0 Å². The molecule has 0 aromatic heterocycles. The fourth-order valence-corrected chi connectivity index (χ4v) is 4.79. The lowest BCUT2D eigenvalue weighted by atomic mass is 10.1. The lowest BCUT2D eigenvalue weighted by Crippen LogP contribution is -2.54. The normalized spacial score (nSPS) is 15.4. The van der Waals surface area contributed by atoms with Crippen molar-refractivity contribution >= 4 is 16.5 Å². The Kier molecular flexibility index (Phi) is 8.98. The summed E-state index contributed by atoms with van der Waals surface area (Å²) >= 11 is 0. The molecular weight excluding hydrogens is 476 g/mol. The maximum absolute atomic E-state index is 6.23. The van der Waals surface area contributed by atoms with Crippen LogP contribution in [0.1, 0.15) is 12.0 Å². The number of fused-ring (bicyclic) bond motifs is 1. The summed E-state index contributed by atoms with van der Waals surface area (Å²) in [5.74, 6) is 2.64. The van der Waals surface area contributed by atoms with E-state index in [2.05, 4.69) is 64.8 Å². The van der Waals surface area contributed by atoms with Crippen LogP contribution in [0.4, 0.5) is 5.69 Å². The van der Waals surface area contributed by atoms with E-state index in [0.29, 0.717) is 26.4 Å². The first-order valence-corrected chi connectivity index (χ1v) is 13.3. The number of piperazine rings is 1. The number of methoxy groups -OCH3 is 1. The van der Waals surface area contributed by atoms with E-state index in [1.165, 1.54) is 16.5 Å². The van der Waals surface area contributed by atoms with Crippen LogP contribution in [0.5, 0.6) is 17.2 Å². The molecular formula is C32H36N2O4. The van der Waals surface area contributed by atoms with E-state index < -0.39 is 0 Å². The van der Waals surface area contributed by atoms with Crippen LogP contribution >= 0.6 is 0 Å². The predicted molar refractivity (Wildman–Crippen MR) is 153 cm³/mol. The Morgan fingerprint density at radius 1 is 0.816 bits per heavy atom. The largest absolute Gasteiger partial charge is 0.496 e. The Balaban J connectivity index is 1.08. The first-order valence-electron chi connectivity index (χ1n) is 13.3. The Morgan fingerprint density at radius 2 is 1.61 bits per heavy atom. The maximum atomic E-state index is 6.23. The van der Waals surface area contributed by atoms with Gasteiger partial charge in [0.05, 0.1) is 33.0 Å². The van der Waals surface area contributed by atoms with Crippen LogP contribution < -0.4 is 24.4 Å². The molecule has 1 heterocycles. The molecule has 0 amide bonds. The molecule has 1 N–H and O–H groups in total. The van der Waals surface area contributed by atoms with Crippen LogP contribution in [-0.4, -0.2) is 52.6 Å². The van der Waals surface area contributed by atoms with E-state index in [1.54, 1.807) is 7.11 Å². The Labute approximate surface area is 225 Å². The number of rotatable bonds is 12. The lowest BCUT2D eigenvalue weighted by Gasteiger charge is -2.37. The molecule has 4 aromatic carbocycles. The molecule has 0 radical (unpaired) electrons. The molecule has 1 fully saturated rings. The smallest absolute Gasteiger partial charge is 0.124 e. The van der Waals surface area contributed by atoms with Gasteiger partial charge in [-0.15, -0.1) is 0 Å². The number of hydrogen-bond acceptors (Lipinski definition) is 6. The summed E-state index contributed by atoms with van der Waals surface area (Å²) in [4.78, 5) is 2.42. The molecule has 5 rings (SSSR count). The summed E-state index contributed by atoms with van der Waals surface area (Å²) in [5, 5.41) is 5.93. The number of benzene rings is 4. The third-order valence-electron chi connectivity index (χ3n) is 6.83. The van der Waals surface area contributed by atoms with Crippen LogP contribution in [0.15, 0.2) is 91.0 Å². The standard InChI is InChI=1S/C32H36N2O4/c1-35-32-10-5-4-9-27(32)23-36-19-6-20-37-30-15-12-28(13-16-30)34-18-17-33-22-29(34)24-38-31-14-11-25-7-2-3-8-26(25)21-31/h2-5,7-16,21,29,33H,6,17-20,22-24H2,1H3. The monoisotopic (exact) mass is 512 g/mol. The highest BCUT2D eigenvalue weighted by Crippen LogP contribution is 2.25. The van der Waals surface area contributed by atoms with Crippen molar-refractivity contribution in [2.45, 2.75) is 19.1 Å². The minimum Gasteiger partial charge on any atom is -0.496 e. The molecule has 38 heavy (non-hydrogen) atoms. The minimum absolute atomic E-state index is 0.252. The number of ether oxygens (including phenoxy) is 4. The third-order valence-corrected chi connectivity index (χ3v) is 6.83. The predicted octanol–water partition coefficient (Wildman–Crippen LogP) is 5.69. The molecule has 0 spiro atoms. The summed E-state index contributed by atoms with van der Waals surface area (Å²) in [5.41, 5.74) is 2.24. The van der Waals surface area contributed by atoms with Crippen LogP contribution in [0.2, 0.25) is 0 Å².